The summed E-state index contributed by atoms with van der Waals surface area (Å²) in [6, 6.07) is 3.26. The Balaban J connectivity index is 2.89. The highest BCUT2D eigenvalue weighted by molar-refractivity contribution is 7.85. The van der Waals surface area contributed by atoms with Crippen LogP contribution in [0.25, 0.3) is 11.2 Å². The van der Waals surface area contributed by atoms with Crippen LogP contribution in [0.1, 0.15) is 0 Å². The molecule has 0 spiro atoms. The van der Waals surface area contributed by atoms with E-state index in [4.69, 9.17) is 4.55 Å². The van der Waals surface area contributed by atoms with Crippen LogP contribution in [0.4, 0.5) is 0 Å². The van der Waals surface area contributed by atoms with E-state index in [-0.39, 0.29) is 0 Å². The van der Waals surface area contributed by atoms with Crippen LogP contribution in [-0.2, 0) is 17.2 Å². The monoisotopic (exact) mass is 213 g/mol. The molecule has 0 saturated heterocycles. The van der Waals surface area contributed by atoms with Crippen molar-refractivity contribution in [1.29, 1.82) is 0 Å². The largest absolute Gasteiger partial charge is 0.328 e. The predicted octanol–water partition coefficient (Wildman–Crippen LogP) is 0.215. The van der Waals surface area contributed by atoms with Crippen LogP contribution in [0.2, 0.25) is 0 Å². The summed E-state index contributed by atoms with van der Waals surface area (Å²) in [6.07, 6.45) is 1.53. The number of imidazole rings is 1. The molecule has 1 N–H and O–H groups in total. The normalized spacial score (nSPS) is 12.1. The van der Waals surface area contributed by atoms with E-state index in [0.29, 0.717) is 11.2 Å². The molecule has 0 unspecified atom stereocenters. The van der Waals surface area contributed by atoms with Crippen molar-refractivity contribution in [3.63, 3.8) is 0 Å². The lowest BCUT2D eigenvalue weighted by molar-refractivity contribution is 0.469. The van der Waals surface area contributed by atoms with Crippen LogP contribution >= 0.6 is 0 Å². The van der Waals surface area contributed by atoms with E-state index in [1.165, 1.54) is 17.8 Å². The molecule has 0 amide bonds. The summed E-state index contributed by atoms with van der Waals surface area (Å²) in [5, 5.41) is -0.397. The number of fused-ring (bicyclic) bond motifs is 1. The summed E-state index contributed by atoms with van der Waals surface area (Å²) in [4.78, 5) is 7.69. The minimum Gasteiger partial charge on any atom is -0.301 e. The van der Waals surface area contributed by atoms with Gasteiger partial charge in [0.1, 0.15) is 5.52 Å². The fourth-order valence-electron chi connectivity index (χ4n) is 1.23. The molecule has 74 valence electrons. The summed E-state index contributed by atoms with van der Waals surface area (Å²) < 4.78 is 31.8. The molecule has 2 aromatic rings. The van der Waals surface area contributed by atoms with Gasteiger partial charge in [-0.05, 0) is 12.1 Å². The Morgan fingerprint density at radius 2 is 2.21 bits per heavy atom. The maximum atomic E-state index is 10.9. The third kappa shape index (κ3) is 1.26. The maximum absolute atomic E-state index is 10.9. The molecule has 0 aliphatic rings. The molecule has 0 aromatic carbocycles. The fourth-order valence-corrected chi connectivity index (χ4v) is 1.88. The van der Waals surface area contributed by atoms with Gasteiger partial charge in [0.15, 0.2) is 5.65 Å². The molecule has 2 rings (SSSR count). The number of hydrogen-bond acceptors (Lipinski definition) is 4. The molecule has 0 fully saturated rings. The van der Waals surface area contributed by atoms with Gasteiger partial charge >= 0.3 is 10.1 Å². The van der Waals surface area contributed by atoms with E-state index in [1.54, 1.807) is 12.1 Å². The van der Waals surface area contributed by atoms with Gasteiger partial charge in [-0.15, -0.1) is 0 Å². The van der Waals surface area contributed by atoms with E-state index in [0.717, 1.165) is 0 Å². The van der Waals surface area contributed by atoms with E-state index in [2.05, 4.69) is 9.97 Å². The van der Waals surface area contributed by atoms with Gasteiger partial charge in [-0.1, -0.05) is 0 Å². The summed E-state index contributed by atoms with van der Waals surface area (Å²) >= 11 is 0. The minimum atomic E-state index is -4.28. The fraction of sp³-hybridized carbons (Fsp3) is 0.143. The molecule has 6 nitrogen and oxygen atoms in total. The second kappa shape index (κ2) is 2.76. The van der Waals surface area contributed by atoms with Gasteiger partial charge in [0.25, 0.3) is 5.16 Å². The van der Waals surface area contributed by atoms with Crippen molar-refractivity contribution in [2.45, 2.75) is 5.16 Å². The van der Waals surface area contributed by atoms with Crippen molar-refractivity contribution in [3.05, 3.63) is 18.3 Å². The Morgan fingerprint density at radius 1 is 1.50 bits per heavy atom. The van der Waals surface area contributed by atoms with Gasteiger partial charge in [-0.25, -0.2) is 9.97 Å². The summed E-state index contributed by atoms with van der Waals surface area (Å²) in [6.45, 7) is 0. The molecular weight excluding hydrogens is 206 g/mol. The number of aryl methyl sites for hydroxylation is 1. The van der Waals surface area contributed by atoms with E-state index < -0.39 is 15.3 Å². The zero-order chi connectivity index (χ0) is 10.3. The number of hydrogen-bond donors (Lipinski definition) is 1. The quantitative estimate of drug-likeness (QED) is 0.684. The standard InChI is InChI=1S/C7H7N3O3S/c1-10-6-5(3-2-4-8-6)9-7(10)14(11,12)13/h2-4H,1H3,(H,11,12,13). The average molecular weight is 213 g/mol. The van der Waals surface area contributed by atoms with E-state index in [1.807, 2.05) is 0 Å². The van der Waals surface area contributed by atoms with Gasteiger partial charge < -0.3 is 4.57 Å². The van der Waals surface area contributed by atoms with Crippen molar-refractivity contribution in [3.8, 4) is 0 Å². The molecule has 14 heavy (non-hydrogen) atoms. The Hall–Kier alpha value is -1.47. The topological polar surface area (TPSA) is 85.1 Å². The lowest BCUT2D eigenvalue weighted by Crippen LogP contribution is -2.06. The summed E-state index contributed by atoms with van der Waals surface area (Å²) in [5.41, 5.74) is 0.850. The highest BCUT2D eigenvalue weighted by Crippen LogP contribution is 2.14. The first-order valence-corrected chi connectivity index (χ1v) is 5.19. The molecular formula is C7H7N3O3S. The summed E-state index contributed by atoms with van der Waals surface area (Å²) in [7, 11) is -2.81. The lowest BCUT2D eigenvalue weighted by Gasteiger charge is -1.95. The van der Waals surface area contributed by atoms with Gasteiger partial charge in [0, 0.05) is 13.2 Å². The van der Waals surface area contributed by atoms with Gasteiger partial charge in [-0.3, -0.25) is 4.55 Å². The highest BCUT2D eigenvalue weighted by Gasteiger charge is 2.19. The van der Waals surface area contributed by atoms with Crippen LogP contribution in [0.3, 0.4) is 0 Å². The Kier molecular flexibility index (Phi) is 1.79. The number of aromatic nitrogens is 3. The Morgan fingerprint density at radius 3 is 2.79 bits per heavy atom. The molecule has 7 heteroatoms. The zero-order valence-electron chi connectivity index (χ0n) is 7.25. The average Bonchev–Trinajstić information content (AvgIpc) is 2.44. The zero-order valence-corrected chi connectivity index (χ0v) is 8.06. The molecule has 2 heterocycles. The first-order valence-electron chi connectivity index (χ1n) is 3.75. The van der Waals surface area contributed by atoms with Crippen molar-refractivity contribution in [2.24, 2.45) is 7.05 Å². The minimum absolute atomic E-state index is 0.397. The number of nitrogens with zero attached hydrogens (tertiary/aromatic N) is 3. The van der Waals surface area contributed by atoms with Crippen molar-refractivity contribution in [2.75, 3.05) is 0 Å². The second-order valence-corrected chi connectivity index (χ2v) is 4.09. The molecule has 0 saturated carbocycles. The first-order chi connectivity index (χ1) is 6.50. The van der Waals surface area contributed by atoms with Crippen molar-refractivity contribution in [1.82, 2.24) is 14.5 Å². The lowest BCUT2D eigenvalue weighted by atomic mass is 10.4. The Labute approximate surface area is 80.0 Å². The van der Waals surface area contributed by atoms with E-state index in [9.17, 15) is 8.42 Å². The third-order valence-electron chi connectivity index (χ3n) is 1.82. The molecule has 0 aliphatic carbocycles. The third-order valence-corrected chi connectivity index (χ3v) is 2.64. The van der Waals surface area contributed by atoms with Crippen LogP contribution < -0.4 is 0 Å². The first kappa shape index (κ1) is 9.10. The summed E-state index contributed by atoms with van der Waals surface area (Å²) in [5.74, 6) is 0. The number of rotatable bonds is 1. The predicted molar refractivity (Wildman–Crippen MR) is 48.3 cm³/mol. The smallest absolute Gasteiger partial charge is 0.301 e. The highest BCUT2D eigenvalue weighted by atomic mass is 32.2. The van der Waals surface area contributed by atoms with Gasteiger partial charge in [0.2, 0.25) is 0 Å². The van der Waals surface area contributed by atoms with Crippen molar-refractivity contribution < 1.29 is 13.0 Å². The molecule has 0 bridgehead atoms. The molecule has 0 radical (unpaired) electrons. The van der Waals surface area contributed by atoms with Crippen LogP contribution in [0.15, 0.2) is 23.5 Å². The SMILES string of the molecule is Cn1c(S(=O)(=O)O)nc2cccnc21. The molecule has 0 aliphatic heterocycles. The van der Waals surface area contributed by atoms with Crippen LogP contribution in [0.5, 0.6) is 0 Å². The number of pyridine rings is 1. The maximum Gasteiger partial charge on any atom is 0.328 e. The van der Waals surface area contributed by atoms with Crippen molar-refractivity contribution >= 4 is 21.3 Å². The van der Waals surface area contributed by atoms with E-state index >= 15 is 0 Å². The van der Waals surface area contributed by atoms with Crippen LogP contribution in [-0.4, -0.2) is 27.5 Å². The van der Waals surface area contributed by atoms with Crippen LogP contribution in [0, 0.1) is 0 Å². The molecule has 0 atom stereocenters. The van der Waals surface area contributed by atoms with Gasteiger partial charge in [-0.2, -0.15) is 8.42 Å². The van der Waals surface area contributed by atoms with Gasteiger partial charge in [0.05, 0.1) is 0 Å². The second-order valence-electron chi connectivity index (χ2n) is 2.77. The Bertz CT molecular complexity index is 587. The molecule has 2 aromatic heterocycles.